The third-order valence-electron chi connectivity index (χ3n) is 5.21. The van der Waals surface area contributed by atoms with Crippen molar-refractivity contribution in [1.82, 2.24) is 14.8 Å². The molecule has 4 rings (SSSR count). The average molecular weight is 369 g/mol. The second-order valence-electron chi connectivity index (χ2n) is 7.54. The molecule has 2 heterocycles. The highest BCUT2D eigenvalue weighted by molar-refractivity contribution is 7.98. The Morgan fingerprint density at radius 1 is 1.23 bits per heavy atom. The summed E-state index contributed by atoms with van der Waals surface area (Å²) in [5.41, 5.74) is 4.25. The van der Waals surface area contributed by atoms with E-state index in [1.165, 1.54) is 17.3 Å². The molecule has 1 N–H and O–H groups in total. The van der Waals surface area contributed by atoms with Gasteiger partial charge in [0.15, 0.2) is 5.78 Å². The quantitative estimate of drug-likeness (QED) is 0.814. The highest BCUT2D eigenvalue weighted by Crippen LogP contribution is 2.41. The van der Waals surface area contributed by atoms with Crippen LogP contribution in [0.25, 0.3) is 0 Å². The van der Waals surface area contributed by atoms with Crippen molar-refractivity contribution in [2.75, 3.05) is 11.6 Å². The monoisotopic (exact) mass is 368 g/mol. The molecule has 2 aliphatic rings. The van der Waals surface area contributed by atoms with E-state index >= 15 is 0 Å². The van der Waals surface area contributed by atoms with E-state index in [9.17, 15) is 4.79 Å². The van der Waals surface area contributed by atoms with Gasteiger partial charge in [-0.25, -0.2) is 4.68 Å². The number of hydrogen-bond donors (Lipinski definition) is 1. The van der Waals surface area contributed by atoms with Crippen LogP contribution in [0.4, 0.5) is 5.95 Å². The number of nitrogens with one attached hydrogen (secondary N) is 1. The zero-order chi connectivity index (χ0) is 18.4. The fourth-order valence-electron chi connectivity index (χ4n) is 3.84. The number of carbonyl (C=O) groups is 1. The van der Waals surface area contributed by atoms with Gasteiger partial charge in [0.25, 0.3) is 0 Å². The van der Waals surface area contributed by atoms with Crippen LogP contribution in [0.3, 0.4) is 0 Å². The zero-order valence-electron chi connectivity index (χ0n) is 15.6. The summed E-state index contributed by atoms with van der Waals surface area (Å²) in [6.07, 6.45) is 3.44. The van der Waals surface area contributed by atoms with E-state index in [4.69, 9.17) is 0 Å². The topological polar surface area (TPSA) is 59.8 Å². The van der Waals surface area contributed by atoms with Gasteiger partial charge in [-0.1, -0.05) is 56.8 Å². The predicted octanol–water partition coefficient (Wildman–Crippen LogP) is 4.39. The molecule has 0 bridgehead atoms. The molecular formula is C20H24N4OS. The lowest BCUT2D eigenvalue weighted by Gasteiger charge is -2.34. The van der Waals surface area contributed by atoms with Crippen LogP contribution < -0.4 is 5.32 Å². The van der Waals surface area contributed by atoms with Crippen LogP contribution in [0.5, 0.6) is 0 Å². The maximum atomic E-state index is 12.9. The van der Waals surface area contributed by atoms with Gasteiger partial charge < -0.3 is 5.32 Å². The Hall–Kier alpha value is -2.08. The van der Waals surface area contributed by atoms with Crippen molar-refractivity contribution < 1.29 is 4.79 Å². The smallest absolute Gasteiger partial charge is 0.227 e. The molecule has 0 unspecified atom stereocenters. The van der Waals surface area contributed by atoms with E-state index in [1.54, 1.807) is 0 Å². The van der Waals surface area contributed by atoms with Crippen molar-refractivity contribution in [1.29, 1.82) is 0 Å². The molecular weight excluding hydrogens is 344 g/mol. The van der Waals surface area contributed by atoms with E-state index in [-0.39, 0.29) is 11.8 Å². The molecule has 0 saturated heterocycles. The molecule has 0 radical (unpaired) electrons. The molecule has 1 aromatic carbocycles. The molecule has 136 valence electrons. The first-order valence-electron chi connectivity index (χ1n) is 9.11. The predicted molar refractivity (Wildman–Crippen MR) is 105 cm³/mol. The number of fused-ring (bicyclic) bond motifs is 1. The summed E-state index contributed by atoms with van der Waals surface area (Å²) in [5.74, 6) is 1.78. The number of anilines is 1. The lowest BCUT2D eigenvalue weighted by molar-refractivity contribution is -0.117. The van der Waals surface area contributed by atoms with Crippen molar-refractivity contribution in [2.24, 2.45) is 5.92 Å². The normalized spacial score (nSPS) is 22.3. The van der Waals surface area contributed by atoms with Crippen LogP contribution >= 0.6 is 11.8 Å². The van der Waals surface area contributed by atoms with Gasteiger partial charge >= 0.3 is 0 Å². The van der Waals surface area contributed by atoms with Gasteiger partial charge in [0.1, 0.15) is 6.04 Å². The van der Waals surface area contributed by atoms with Crippen LogP contribution in [0.2, 0.25) is 0 Å². The van der Waals surface area contributed by atoms with Gasteiger partial charge in [-0.3, -0.25) is 4.79 Å². The van der Waals surface area contributed by atoms with Gasteiger partial charge in [-0.2, -0.15) is 4.98 Å². The van der Waals surface area contributed by atoms with E-state index in [2.05, 4.69) is 60.4 Å². The van der Waals surface area contributed by atoms with Gasteiger partial charge in [-0.05, 0) is 35.6 Å². The average Bonchev–Trinajstić information content (AvgIpc) is 3.02. The number of allylic oxidation sites excluding steroid dienone is 2. The second-order valence-corrected chi connectivity index (χ2v) is 8.32. The minimum absolute atomic E-state index is 0.198. The molecule has 2 aromatic rings. The zero-order valence-corrected chi connectivity index (χ0v) is 16.4. The molecule has 0 spiro atoms. The summed E-state index contributed by atoms with van der Waals surface area (Å²) in [4.78, 5) is 17.5. The van der Waals surface area contributed by atoms with Crippen molar-refractivity contribution in [3.63, 3.8) is 0 Å². The van der Waals surface area contributed by atoms with Gasteiger partial charge in [0.05, 0.1) is 0 Å². The van der Waals surface area contributed by atoms with E-state index < -0.39 is 0 Å². The number of nitrogens with zero attached hydrogens (tertiary/aromatic N) is 3. The molecule has 5 nitrogen and oxygen atoms in total. The maximum Gasteiger partial charge on any atom is 0.227 e. The largest absolute Gasteiger partial charge is 0.328 e. The van der Waals surface area contributed by atoms with E-state index in [0.29, 0.717) is 18.3 Å². The number of rotatable bonds is 3. The van der Waals surface area contributed by atoms with Crippen molar-refractivity contribution in [2.45, 2.75) is 50.7 Å². The maximum absolute atomic E-state index is 12.9. The van der Waals surface area contributed by atoms with Crippen molar-refractivity contribution in [3.05, 3.63) is 46.7 Å². The summed E-state index contributed by atoms with van der Waals surface area (Å²) >= 11 is 1.51. The highest BCUT2D eigenvalue weighted by atomic mass is 32.2. The van der Waals surface area contributed by atoms with Gasteiger partial charge in [0.2, 0.25) is 11.1 Å². The number of carbonyl (C=O) groups excluding carboxylic acids is 1. The Kier molecular flexibility index (Phi) is 4.39. The number of thioether (sulfide) groups is 1. The van der Waals surface area contributed by atoms with Crippen molar-refractivity contribution >= 4 is 23.5 Å². The molecule has 26 heavy (non-hydrogen) atoms. The Bertz CT molecular complexity index is 882. The number of Topliss-reactive ketones (excluding diaryl/α,β-unsaturated/α-hetero) is 1. The number of hydrogen-bond acceptors (Lipinski definition) is 5. The lowest BCUT2D eigenvalue weighted by atomic mass is 9.81. The second kappa shape index (κ2) is 6.58. The Morgan fingerprint density at radius 3 is 2.62 bits per heavy atom. The molecule has 0 saturated carbocycles. The first-order chi connectivity index (χ1) is 12.5. The molecule has 1 aromatic heterocycles. The van der Waals surface area contributed by atoms with E-state index in [1.807, 2.05) is 10.9 Å². The first-order valence-corrected chi connectivity index (χ1v) is 10.3. The molecule has 0 fully saturated rings. The summed E-state index contributed by atoms with van der Waals surface area (Å²) in [6, 6.07) is 8.38. The van der Waals surface area contributed by atoms with Crippen molar-refractivity contribution in [3.8, 4) is 0 Å². The molecule has 0 amide bonds. The minimum Gasteiger partial charge on any atom is -0.328 e. The summed E-state index contributed by atoms with van der Waals surface area (Å²) in [7, 11) is 0. The fraction of sp³-hybridized carbons (Fsp3) is 0.450. The van der Waals surface area contributed by atoms with Gasteiger partial charge in [-0.15, -0.1) is 5.10 Å². The Labute approximate surface area is 158 Å². The van der Waals surface area contributed by atoms with Crippen LogP contribution in [0, 0.1) is 5.92 Å². The third-order valence-corrected chi connectivity index (χ3v) is 5.74. The number of benzene rings is 1. The Morgan fingerprint density at radius 2 is 1.96 bits per heavy atom. The Balaban J connectivity index is 1.85. The first kappa shape index (κ1) is 17.3. The van der Waals surface area contributed by atoms with Crippen LogP contribution in [0.15, 0.2) is 40.7 Å². The summed E-state index contributed by atoms with van der Waals surface area (Å²) in [6.45, 7) is 6.50. The van der Waals surface area contributed by atoms with Crippen LogP contribution in [0.1, 0.15) is 56.7 Å². The molecule has 6 heteroatoms. The summed E-state index contributed by atoms with van der Waals surface area (Å²) in [5, 5.41) is 8.75. The highest BCUT2D eigenvalue weighted by Gasteiger charge is 2.38. The molecule has 1 aliphatic heterocycles. The van der Waals surface area contributed by atoms with Gasteiger partial charge in [0, 0.05) is 17.7 Å². The standard InChI is InChI=1S/C20H24N4OS/c1-11(2)13-5-7-14(8-6-13)18-17-15(9-12(3)10-16(17)25)21-19-22-20(26-4)23-24(18)19/h5-8,11-12,18H,9-10H2,1-4H3,(H,21,22,23)/t12-,18+/m0/s1. The van der Waals surface area contributed by atoms with Crippen LogP contribution in [-0.4, -0.2) is 26.8 Å². The SMILES string of the molecule is CSc1nc2n(n1)[C@H](c1ccc(C(C)C)cc1)C1=C(C[C@H](C)CC1=O)N2. The third kappa shape index (κ3) is 2.86. The summed E-state index contributed by atoms with van der Waals surface area (Å²) < 4.78 is 1.88. The minimum atomic E-state index is -0.198. The molecule has 1 aliphatic carbocycles. The van der Waals surface area contributed by atoms with Crippen LogP contribution in [-0.2, 0) is 4.79 Å². The fourth-order valence-corrected chi connectivity index (χ4v) is 4.19. The lowest BCUT2D eigenvalue weighted by Crippen LogP contribution is -2.33. The molecule has 2 atom stereocenters. The van der Waals surface area contributed by atoms with E-state index in [0.717, 1.165) is 34.4 Å². The number of ketones is 1. The number of aromatic nitrogens is 3.